The van der Waals surface area contributed by atoms with Gasteiger partial charge < -0.3 is 15.2 Å². The third kappa shape index (κ3) is 2.33. The second-order valence-corrected chi connectivity index (χ2v) is 2.24. The van der Waals surface area contributed by atoms with Crippen LogP contribution in [-0.2, 0) is 14.3 Å². The fourth-order valence-electron chi connectivity index (χ4n) is 0.879. The zero-order chi connectivity index (χ0) is 7.40. The van der Waals surface area contributed by atoms with Crippen LogP contribution in [0.1, 0.15) is 6.42 Å². The van der Waals surface area contributed by atoms with Crippen molar-refractivity contribution in [2.24, 2.45) is 5.73 Å². The van der Waals surface area contributed by atoms with Gasteiger partial charge in [-0.3, -0.25) is 4.79 Å². The van der Waals surface area contributed by atoms with Crippen LogP contribution in [0.5, 0.6) is 0 Å². The lowest BCUT2D eigenvalue weighted by Crippen LogP contribution is -2.32. The summed E-state index contributed by atoms with van der Waals surface area (Å²) >= 11 is 0. The number of hydrogen-bond acceptors (Lipinski definition) is 3. The summed E-state index contributed by atoms with van der Waals surface area (Å²) < 4.78 is 10.2. The van der Waals surface area contributed by atoms with Crippen LogP contribution in [0.15, 0.2) is 0 Å². The lowest BCUT2D eigenvalue weighted by Gasteiger charge is -2.21. The molecule has 0 saturated carbocycles. The molecule has 1 saturated heterocycles. The van der Waals surface area contributed by atoms with Gasteiger partial charge >= 0.3 is 0 Å². The molecule has 1 aliphatic rings. The first-order valence-corrected chi connectivity index (χ1v) is 3.26. The van der Waals surface area contributed by atoms with E-state index in [4.69, 9.17) is 15.2 Å². The normalized spacial score (nSPS) is 26.2. The molecule has 0 spiro atoms. The van der Waals surface area contributed by atoms with Crippen molar-refractivity contribution in [3.63, 3.8) is 0 Å². The molecule has 1 heterocycles. The monoisotopic (exact) mass is 145 g/mol. The summed E-state index contributed by atoms with van der Waals surface area (Å²) in [5.41, 5.74) is 4.95. The van der Waals surface area contributed by atoms with E-state index in [9.17, 15) is 4.79 Å². The lowest BCUT2D eigenvalue weighted by molar-refractivity contribution is -0.128. The van der Waals surface area contributed by atoms with Crippen LogP contribution in [0.3, 0.4) is 0 Å². The minimum Gasteiger partial charge on any atom is -0.376 e. The van der Waals surface area contributed by atoms with E-state index >= 15 is 0 Å². The predicted molar refractivity (Wildman–Crippen MR) is 34.4 cm³/mol. The summed E-state index contributed by atoms with van der Waals surface area (Å²) in [6.07, 6.45) is 0.145. The maximum absolute atomic E-state index is 10.4. The highest BCUT2D eigenvalue weighted by molar-refractivity contribution is 5.74. The fourth-order valence-corrected chi connectivity index (χ4v) is 0.879. The fraction of sp³-hybridized carbons (Fsp3) is 0.833. The summed E-state index contributed by atoms with van der Waals surface area (Å²) in [6, 6.07) is 0. The van der Waals surface area contributed by atoms with Gasteiger partial charge in [-0.15, -0.1) is 0 Å². The molecule has 58 valence electrons. The van der Waals surface area contributed by atoms with Gasteiger partial charge in [0.15, 0.2) is 0 Å². The van der Waals surface area contributed by atoms with Crippen molar-refractivity contribution in [1.29, 1.82) is 0 Å². The van der Waals surface area contributed by atoms with Crippen molar-refractivity contribution in [2.45, 2.75) is 12.5 Å². The zero-order valence-electron chi connectivity index (χ0n) is 5.71. The molecule has 1 atom stereocenters. The molecule has 10 heavy (non-hydrogen) atoms. The van der Waals surface area contributed by atoms with Gasteiger partial charge in [0, 0.05) is 0 Å². The molecule has 2 N–H and O–H groups in total. The van der Waals surface area contributed by atoms with Gasteiger partial charge in [-0.05, 0) is 0 Å². The van der Waals surface area contributed by atoms with Gasteiger partial charge in [0.1, 0.15) is 0 Å². The Hall–Kier alpha value is -0.610. The third-order valence-corrected chi connectivity index (χ3v) is 1.31. The Balaban J connectivity index is 2.19. The van der Waals surface area contributed by atoms with Crippen molar-refractivity contribution in [1.82, 2.24) is 0 Å². The molecule has 0 unspecified atom stereocenters. The van der Waals surface area contributed by atoms with Crippen molar-refractivity contribution >= 4 is 5.91 Å². The van der Waals surface area contributed by atoms with E-state index in [2.05, 4.69) is 0 Å². The van der Waals surface area contributed by atoms with Crippen molar-refractivity contribution in [2.75, 3.05) is 19.8 Å². The Morgan fingerprint density at radius 1 is 1.60 bits per heavy atom. The molecule has 0 aromatic heterocycles. The number of carbonyl (C=O) groups excluding carboxylic acids is 1. The van der Waals surface area contributed by atoms with Gasteiger partial charge in [-0.1, -0.05) is 0 Å². The second kappa shape index (κ2) is 3.53. The van der Waals surface area contributed by atoms with Crippen LogP contribution in [0.2, 0.25) is 0 Å². The Bertz CT molecular complexity index is 120. The van der Waals surface area contributed by atoms with Crippen LogP contribution in [-0.4, -0.2) is 31.8 Å². The molecule has 0 aromatic rings. The molecular formula is C6H11NO3. The first-order valence-electron chi connectivity index (χ1n) is 3.26. The summed E-state index contributed by atoms with van der Waals surface area (Å²) in [6.45, 7) is 1.68. The Labute approximate surface area is 59.3 Å². The number of nitrogens with two attached hydrogens (primary N) is 1. The van der Waals surface area contributed by atoms with E-state index in [0.717, 1.165) is 0 Å². The van der Waals surface area contributed by atoms with Crippen LogP contribution >= 0.6 is 0 Å². The molecular weight excluding hydrogens is 134 g/mol. The van der Waals surface area contributed by atoms with Gasteiger partial charge in [0.25, 0.3) is 0 Å². The minimum absolute atomic E-state index is 0.119. The average Bonchev–Trinajstić information content (AvgIpc) is 1.88. The predicted octanol–water partition coefficient (Wildman–Crippen LogP) is -0.723. The Morgan fingerprint density at radius 2 is 2.40 bits per heavy atom. The average molecular weight is 145 g/mol. The molecule has 0 aliphatic carbocycles. The number of rotatable bonds is 2. The van der Waals surface area contributed by atoms with Gasteiger partial charge in [-0.2, -0.15) is 0 Å². The van der Waals surface area contributed by atoms with Crippen molar-refractivity contribution in [3.8, 4) is 0 Å². The van der Waals surface area contributed by atoms with Crippen LogP contribution in [0.4, 0.5) is 0 Å². The lowest BCUT2D eigenvalue weighted by atomic mass is 10.2. The number of primary amides is 1. The van der Waals surface area contributed by atoms with Crippen LogP contribution < -0.4 is 5.73 Å². The van der Waals surface area contributed by atoms with E-state index in [1.54, 1.807) is 0 Å². The number of hydrogen-bond donors (Lipinski definition) is 1. The van der Waals surface area contributed by atoms with Crippen molar-refractivity contribution in [3.05, 3.63) is 0 Å². The zero-order valence-corrected chi connectivity index (χ0v) is 5.71. The Kier molecular flexibility index (Phi) is 2.65. The summed E-state index contributed by atoms with van der Waals surface area (Å²) in [5.74, 6) is -0.337. The smallest absolute Gasteiger partial charge is 0.220 e. The van der Waals surface area contributed by atoms with E-state index < -0.39 is 0 Å². The maximum Gasteiger partial charge on any atom is 0.220 e. The van der Waals surface area contributed by atoms with E-state index in [0.29, 0.717) is 19.8 Å². The van der Waals surface area contributed by atoms with E-state index in [1.807, 2.05) is 0 Å². The standard InChI is InChI=1S/C6H11NO3/c7-6(8)3-5-4-9-1-2-10-5/h5H,1-4H2,(H2,7,8)/t5-/m1/s1. The van der Waals surface area contributed by atoms with E-state index in [-0.39, 0.29) is 18.4 Å². The highest BCUT2D eigenvalue weighted by Crippen LogP contribution is 2.03. The van der Waals surface area contributed by atoms with E-state index in [1.165, 1.54) is 0 Å². The molecule has 1 amide bonds. The summed E-state index contributed by atoms with van der Waals surface area (Å²) in [5, 5.41) is 0. The van der Waals surface area contributed by atoms with Crippen LogP contribution in [0.25, 0.3) is 0 Å². The number of ether oxygens (including phenoxy) is 2. The van der Waals surface area contributed by atoms with Crippen molar-refractivity contribution < 1.29 is 14.3 Å². The highest BCUT2D eigenvalue weighted by atomic mass is 16.6. The molecule has 1 fully saturated rings. The molecule has 0 radical (unpaired) electrons. The Morgan fingerprint density at radius 3 is 2.90 bits per heavy atom. The molecule has 4 nitrogen and oxygen atoms in total. The number of amides is 1. The maximum atomic E-state index is 10.4. The summed E-state index contributed by atoms with van der Waals surface area (Å²) in [4.78, 5) is 10.4. The molecule has 1 aliphatic heterocycles. The molecule has 0 bridgehead atoms. The molecule has 1 rings (SSSR count). The van der Waals surface area contributed by atoms with Gasteiger partial charge in [0.05, 0.1) is 32.3 Å². The minimum atomic E-state index is -0.337. The highest BCUT2D eigenvalue weighted by Gasteiger charge is 2.15. The van der Waals surface area contributed by atoms with Crippen LogP contribution in [0, 0.1) is 0 Å². The quantitative estimate of drug-likeness (QED) is 0.557. The topological polar surface area (TPSA) is 61.6 Å². The first kappa shape index (κ1) is 7.50. The molecule has 4 heteroatoms. The van der Waals surface area contributed by atoms with Gasteiger partial charge in [0.2, 0.25) is 5.91 Å². The first-order chi connectivity index (χ1) is 4.79. The number of carbonyl (C=O) groups is 1. The molecule has 0 aromatic carbocycles. The second-order valence-electron chi connectivity index (χ2n) is 2.24. The third-order valence-electron chi connectivity index (χ3n) is 1.31. The SMILES string of the molecule is NC(=O)C[C@@H]1COCCO1. The summed E-state index contributed by atoms with van der Waals surface area (Å²) in [7, 11) is 0. The largest absolute Gasteiger partial charge is 0.376 e. The van der Waals surface area contributed by atoms with Gasteiger partial charge in [-0.25, -0.2) is 0 Å².